The Kier molecular flexibility index (Phi) is 8.69. The average Bonchev–Trinajstić information content (AvgIpc) is 2.40. The van der Waals surface area contributed by atoms with E-state index in [2.05, 4.69) is 5.32 Å². The number of halogens is 2. The summed E-state index contributed by atoms with van der Waals surface area (Å²) in [5.74, 6) is -0.420. The van der Waals surface area contributed by atoms with Gasteiger partial charge in [-0.15, -0.1) is 0 Å². The molecule has 0 bridgehead atoms. The molecule has 6 heteroatoms. The predicted octanol–water partition coefficient (Wildman–Crippen LogP) is 2.85. The first-order valence-corrected chi connectivity index (χ1v) is 7.95. The monoisotopic (exact) mass is 331 g/mol. The van der Waals surface area contributed by atoms with Crippen LogP contribution in [0.4, 0.5) is 0 Å². The van der Waals surface area contributed by atoms with Crippen LogP contribution in [0.3, 0.4) is 0 Å². The minimum atomic E-state index is -0.504. The number of nitrogens with one attached hydrogen (secondary N) is 1. The third kappa shape index (κ3) is 8.27. The molecule has 21 heavy (non-hydrogen) atoms. The third-order valence-corrected chi connectivity index (χ3v) is 3.67. The maximum absolute atomic E-state index is 10.8. The Balaban J connectivity index is 2.03. The van der Waals surface area contributed by atoms with Crippen molar-refractivity contribution in [2.24, 2.45) is 11.5 Å². The number of benzene rings is 1. The molecule has 1 aromatic carbocycles. The largest absolute Gasteiger partial charge is 0.368 e. The van der Waals surface area contributed by atoms with Gasteiger partial charge in [0.2, 0.25) is 5.91 Å². The molecule has 0 aliphatic rings. The van der Waals surface area contributed by atoms with E-state index in [1.807, 2.05) is 12.1 Å². The van der Waals surface area contributed by atoms with E-state index in [1.165, 1.54) is 0 Å². The van der Waals surface area contributed by atoms with Crippen molar-refractivity contribution in [2.45, 2.75) is 44.7 Å². The van der Waals surface area contributed by atoms with Gasteiger partial charge in [-0.25, -0.2) is 0 Å². The molecule has 0 heterocycles. The summed E-state index contributed by atoms with van der Waals surface area (Å²) < 4.78 is 0. The maximum atomic E-state index is 10.8. The Morgan fingerprint density at radius 2 is 1.71 bits per heavy atom. The molecule has 0 saturated heterocycles. The summed E-state index contributed by atoms with van der Waals surface area (Å²) in [5, 5.41) is 4.67. The van der Waals surface area contributed by atoms with E-state index in [1.54, 1.807) is 6.07 Å². The number of nitrogens with two attached hydrogens (primary N) is 2. The lowest BCUT2D eigenvalue weighted by Gasteiger charge is -2.08. The molecule has 0 saturated carbocycles. The van der Waals surface area contributed by atoms with Crippen molar-refractivity contribution in [1.29, 1.82) is 0 Å². The molecule has 0 aliphatic carbocycles. The highest BCUT2D eigenvalue weighted by molar-refractivity contribution is 6.34. The molecule has 1 unspecified atom stereocenters. The Morgan fingerprint density at radius 1 is 1.10 bits per heavy atom. The van der Waals surface area contributed by atoms with Crippen LogP contribution in [0.1, 0.15) is 37.7 Å². The Hall–Kier alpha value is -0.810. The van der Waals surface area contributed by atoms with Gasteiger partial charge in [0, 0.05) is 16.6 Å². The molecule has 0 spiro atoms. The van der Waals surface area contributed by atoms with Crippen molar-refractivity contribution in [3.63, 3.8) is 0 Å². The second kappa shape index (κ2) is 10.0. The van der Waals surface area contributed by atoms with E-state index in [0.29, 0.717) is 16.5 Å². The zero-order valence-corrected chi connectivity index (χ0v) is 13.6. The molecule has 1 rings (SSSR count). The Bertz CT molecular complexity index is 434. The highest BCUT2D eigenvalue weighted by Gasteiger charge is 2.07. The summed E-state index contributed by atoms with van der Waals surface area (Å²) in [4.78, 5) is 10.8. The molecule has 0 radical (unpaired) electrons. The summed E-state index contributed by atoms with van der Waals surface area (Å²) >= 11 is 11.9. The third-order valence-electron chi connectivity index (χ3n) is 3.24. The molecular weight excluding hydrogens is 309 g/mol. The van der Waals surface area contributed by atoms with E-state index >= 15 is 0 Å². The van der Waals surface area contributed by atoms with Gasteiger partial charge in [-0.1, -0.05) is 42.5 Å². The van der Waals surface area contributed by atoms with Crippen molar-refractivity contribution >= 4 is 29.1 Å². The first-order chi connectivity index (χ1) is 9.99. The van der Waals surface area contributed by atoms with Gasteiger partial charge in [-0.05, 0) is 43.1 Å². The van der Waals surface area contributed by atoms with Gasteiger partial charge in [-0.2, -0.15) is 0 Å². The van der Waals surface area contributed by atoms with Crippen LogP contribution < -0.4 is 16.8 Å². The summed E-state index contributed by atoms with van der Waals surface area (Å²) in [6.45, 7) is 1.69. The number of unbranched alkanes of at least 4 members (excludes halogenated alkanes) is 3. The van der Waals surface area contributed by atoms with Crippen molar-refractivity contribution in [2.75, 3.05) is 6.54 Å². The van der Waals surface area contributed by atoms with Gasteiger partial charge >= 0.3 is 0 Å². The lowest BCUT2D eigenvalue weighted by molar-refractivity contribution is -0.119. The standard InChI is InChI=1S/C15H23Cl2N3O/c16-12-7-11(8-13(17)9-12)10-20-6-4-2-1-3-5-14(18)15(19)21/h7-9,14,20H,1-6,10,18H2,(H2,19,21). The van der Waals surface area contributed by atoms with Crippen molar-refractivity contribution in [1.82, 2.24) is 5.32 Å². The average molecular weight is 332 g/mol. The van der Waals surface area contributed by atoms with E-state index in [9.17, 15) is 4.79 Å². The molecule has 1 aromatic rings. The maximum Gasteiger partial charge on any atom is 0.234 e. The van der Waals surface area contributed by atoms with E-state index in [-0.39, 0.29) is 0 Å². The fourth-order valence-corrected chi connectivity index (χ4v) is 2.63. The number of amides is 1. The van der Waals surface area contributed by atoms with Crippen LogP contribution in [0.2, 0.25) is 10.0 Å². The number of hydrogen-bond donors (Lipinski definition) is 3. The van der Waals surface area contributed by atoms with Crippen molar-refractivity contribution < 1.29 is 4.79 Å². The lowest BCUT2D eigenvalue weighted by Crippen LogP contribution is -2.36. The molecular formula is C15H23Cl2N3O. The van der Waals surface area contributed by atoms with Crippen LogP contribution in [-0.2, 0) is 11.3 Å². The first-order valence-electron chi connectivity index (χ1n) is 7.19. The van der Waals surface area contributed by atoms with Gasteiger partial charge < -0.3 is 16.8 Å². The summed E-state index contributed by atoms with van der Waals surface area (Å²) in [6, 6.07) is 5.04. The second-order valence-electron chi connectivity index (χ2n) is 5.17. The topological polar surface area (TPSA) is 81.1 Å². The molecule has 4 nitrogen and oxygen atoms in total. The van der Waals surface area contributed by atoms with E-state index in [4.69, 9.17) is 34.7 Å². The minimum absolute atomic E-state index is 0.420. The molecule has 1 atom stereocenters. The number of carbonyl (C=O) groups excluding carboxylic acids is 1. The summed E-state index contributed by atoms with van der Waals surface area (Å²) in [7, 11) is 0. The van der Waals surface area contributed by atoms with Crippen LogP contribution in [0, 0.1) is 0 Å². The first kappa shape index (κ1) is 18.2. The quantitative estimate of drug-likeness (QED) is 0.576. The van der Waals surface area contributed by atoms with Crippen LogP contribution in [0.5, 0.6) is 0 Å². The van der Waals surface area contributed by atoms with Gasteiger partial charge in [0.1, 0.15) is 0 Å². The van der Waals surface area contributed by atoms with Gasteiger partial charge in [0.05, 0.1) is 6.04 Å². The van der Waals surface area contributed by atoms with E-state index in [0.717, 1.165) is 44.3 Å². The highest BCUT2D eigenvalue weighted by atomic mass is 35.5. The molecule has 0 fully saturated rings. The smallest absolute Gasteiger partial charge is 0.234 e. The Morgan fingerprint density at radius 3 is 2.33 bits per heavy atom. The number of rotatable bonds is 10. The summed E-state index contributed by atoms with van der Waals surface area (Å²) in [6.07, 6.45) is 4.86. The molecule has 0 aliphatic heterocycles. The zero-order chi connectivity index (χ0) is 15.7. The zero-order valence-electron chi connectivity index (χ0n) is 12.1. The molecule has 5 N–H and O–H groups in total. The van der Waals surface area contributed by atoms with Crippen LogP contribution in [0.15, 0.2) is 18.2 Å². The number of hydrogen-bond acceptors (Lipinski definition) is 3. The molecule has 0 aromatic heterocycles. The van der Waals surface area contributed by atoms with Gasteiger partial charge in [0.15, 0.2) is 0 Å². The number of carbonyl (C=O) groups is 1. The SMILES string of the molecule is NC(=O)C(N)CCCCCCNCc1cc(Cl)cc(Cl)c1. The molecule has 118 valence electrons. The van der Waals surface area contributed by atoms with Crippen LogP contribution in [-0.4, -0.2) is 18.5 Å². The highest BCUT2D eigenvalue weighted by Crippen LogP contribution is 2.18. The fourth-order valence-electron chi connectivity index (χ4n) is 2.06. The van der Waals surface area contributed by atoms with Crippen LogP contribution in [0.25, 0.3) is 0 Å². The van der Waals surface area contributed by atoms with Crippen molar-refractivity contribution in [3.8, 4) is 0 Å². The van der Waals surface area contributed by atoms with Crippen molar-refractivity contribution in [3.05, 3.63) is 33.8 Å². The predicted molar refractivity (Wildman–Crippen MR) is 88.4 cm³/mol. The fraction of sp³-hybridized carbons (Fsp3) is 0.533. The molecule has 1 amide bonds. The second-order valence-corrected chi connectivity index (χ2v) is 6.04. The van der Waals surface area contributed by atoms with Gasteiger partial charge in [-0.3, -0.25) is 4.79 Å². The van der Waals surface area contributed by atoms with Gasteiger partial charge in [0.25, 0.3) is 0 Å². The van der Waals surface area contributed by atoms with E-state index < -0.39 is 11.9 Å². The normalized spacial score (nSPS) is 12.3. The lowest BCUT2D eigenvalue weighted by atomic mass is 10.1. The van der Waals surface area contributed by atoms with Crippen LogP contribution >= 0.6 is 23.2 Å². The minimum Gasteiger partial charge on any atom is -0.368 e. The number of primary amides is 1. The Labute approximate surface area is 136 Å². The summed E-state index contributed by atoms with van der Waals surface area (Å²) in [5.41, 5.74) is 11.7.